The number of benzene rings is 2. The number of hydrogen-bond acceptors (Lipinski definition) is 6. The average molecular weight is 570 g/mol. The van der Waals surface area contributed by atoms with E-state index in [2.05, 4.69) is 40.7 Å². The summed E-state index contributed by atoms with van der Waals surface area (Å²) in [7, 11) is 0. The third-order valence-electron chi connectivity index (χ3n) is 8.76. The Kier molecular flexibility index (Phi) is 9.01. The van der Waals surface area contributed by atoms with E-state index in [0.29, 0.717) is 44.0 Å². The van der Waals surface area contributed by atoms with Crippen LogP contribution >= 0.6 is 0 Å². The first-order chi connectivity index (χ1) is 19.2. The van der Waals surface area contributed by atoms with Gasteiger partial charge in [-0.3, -0.25) is 19.1 Å². The van der Waals surface area contributed by atoms with Gasteiger partial charge in [0, 0.05) is 48.3 Å². The molecule has 5 rings (SSSR count). The van der Waals surface area contributed by atoms with Gasteiger partial charge in [0.1, 0.15) is 5.67 Å². The molecule has 1 amide bonds. The van der Waals surface area contributed by atoms with Crippen LogP contribution in [0.4, 0.5) is 4.39 Å². The van der Waals surface area contributed by atoms with Gasteiger partial charge in [0.25, 0.3) is 5.91 Å². The SMILES string of the molecule is Cc1c(Cc2ccc(C(=O)NO)cc2)c2ccccc2n1CC1CCN(CC2(F)CCN(CS(=O)[O-])CC2)CC1. The van der Waals surface area contributed by atoms with Crippen LogP contribution in [-0.2, 0) is 24.0 Å². The van der Waals surface area contributed by atoms with Gasteiger partial charge in [-0.2, -0.15) is 0 Å². The van der Waals surface area contributed by atoms with Crippen molar-refractivity contribution in [2.24, 2.45) is 5.92 Å². The number of para-hydroxylation sites is 1. The van der Waals surface area contributed by atoms with E-state index in [9.17, 15) is 13.6 Å². The van der Waals surface area contributed by atoms with E-state index in [1.807, 2.05) is 17.0 Å². The second-order valence-electron chi connectivity index (χ2n) is 11.4. The fraction of sp³-hybridized carbons (Fsp3) is 0.500. The number of alkyl halides is 1. The van der Waals surface area contributed by atoms with Crippen molar-refractivity contribution in [3.8, 4) is 0 Å². The molecule has 0 radical (unpaired) electrons. The summed E-state index contributed by atoms with van der Waals surface area (Å²) in [5.41, 5.74) is 5.69. The van der Waals surface area contributed by atoms with Crippen molar-refractivity contribution in [1.29, 1.82) is 0 Å². The minimum Gasteiger partial charge on any atom is -0.771 e. The highest BCUT2D eigenvalue weighted by atomic mass is 32.2. The Balaban J connectivity index is 1.21. The topological polar surface area (TPSA) is 101 Å². The van der Waals surface area contributed by atoms with E-state index in [4.69, 9.17) is 5.21 Å². The first-order valence-electron chi connectivity index (χ1n) is 14.0. The van der Waals surface area contributed by atoms with E-state index in [1.165, 1.54) is 22.2 Å². The zero-order valence-electron chi connectivity index (χ0n) is 23.0. The van der Waals surface area contributed by atoms with Crippen molar-refractivity contribution in [1.82, 2.24) is 19.8 Å². The molecular formula is C30H38FN4O4S-. The standard InChI is InChI=1S/C30H39FN4O4S/c1-22-27(18-23-6-8-25(9-7-23)29(36)32-37)26-4-2-3-5-28(26)35(22)19-24-10-14-33(15-11-24)20-30(31)12-16-34(17-13-30)21-40(38)39/h2-9,24,37H,10-21H2,1H3,(H,32,36)(H,38,39)/p-1. The first kappa shape index (κ1) is 28.9. The Morgan fingerprint density at radius 3 is 2.40 bits per heavy atom. The molecule has 216 valence electrons. The third kappa shape index (κ3) is 6.63. The molecule has 1 atom stereocenters. The second kappa shape index (κ2) is 12.5. The number of halogens is 1. The Labute approximate surface area is 237 Å². The Hall–Kier alpha value is -2.63. The maximum Gasteiger partial charge on any atom is 0.274 e. The van der Waals surface area contributed by atoms with Crippen LogP contribution in [-0.4, -0.2) is 78.5 Å². The van der Waals surface area contributed by atoms with Gasteiger partial charge in [-0.1, -0.05) is 30.3 Å². The lowest BCUT2D eigenvalue weighted by Crippen LogP contribution is -2.50. The molecule has 2 fully saturated rings. The molecule has 1 unspecified atom stereocenters. The highest BCUT2D eigenvalue weighted by Crippen LogP contribution is 2.32. The summed E-state index contributed by atoms with van der Waals surface area (Å²) in [6, 6.07) is 15.8. The van der Waals surface area contributed by atoms with E-state index in [0.717, 1.165) is 44.5 Å². The van der Waals surface area contributed by atoms with Crippen molar-refractivity contribution in [2.75, 3.05) is 38.6 Å². The maximum atomic E-state index is 15.5. The maximum absolute atomic E-state index is 15.5. The predicted octanol–water partition coefficient (Wildman–Crippen LogP) is 4.01. The number of hydroxylamine groups is 1. The number of carbonyl (C=O) groups is 1. The van der Waals surface area contributed by atoms with Gasteiger partial charge in [-0.05, 0) is 98.4 Å². The highest BCUT2D eigenvalue weighted by Gasteiger charge is 2.37. The van der Waals surface area contributed by atoms with E-state index in [1.54, 1.807) is 17.6 Å². The van der Waals surface area contributed by atoms with Gasteiger partial charge in [0.05, 0.1) is 5.88 Å². The van der Waals surface area contributed by atoms with Crippen LogP contribution in [0.1, 0.15) is 52.9 Å². The molecule has 3 aromatic rings. The number of hydrogen-bond donors (Lipinski definition) is 2. The zero-order valence-corrected chi connectivity index (χ0v) is 23.8. The Morgan fingerprint density at radius 1 is 1.07 bits per heavy atom. The smallest absolute Gasteiger partial charge is 0.274 e. The molecule has 40 heavy (non-hydrogen) atoms. The predicted molar refractivity (Wildman–Crippen MR) is 153 cm³/mol. The molecule has 3 heterocycles. The molecule has 2 aliphatic heterocycles. The van der Waals surface area contributed by atoms with Crippen molar-refractivity contribution >= 4 is 27.9 Å². The lowest BCUT2D eigenvalue weighted by molar-refractivity contribution is 0.0183. The molecule has 2 saturated heterocycles. The molecule has 8 nitrogen and oxygen atoms in total. The fourth-order valence-electron chi connectivity index (χ4n) is 6.38. The summed E-state index contributed by atoms with van der Waals surface area (Å²) in [5.74, 6) is -0.0156. The number of nitrogens with one attached hydrogen (secondary N) is 1. The van der Waals surface area contributed by atoms with Gasteiger partial charge >= 0.3 is 0 Å². The largest absolute Gasteiger partial charge is 0.771 e. The van der Waals surface area contributed by atoms with Crippen molar-refractivity contribution in [2.45, 2.75) is 51.2 Å². The summed E-state index contributed by atoms with van der Waals surface area (Å²) in [5, 5.41) is 10.1. The molecular weight excluding hydrogens is 531 g/mol. The minimum atomic E-state index is -2.12. The molecule has 0 spiro atoms. The average Bonchev–Trinajstić information content (AvgIpc) is 3.21. The second-order valence-corrected chi connectivity index (χ2v) is 12.3. The van der Waals surface area contributed by atoms with Gasteiger partial charge in [0.2, 0.25) is 0 Å². The summed E-state index contributed by atoms with van der Waals surface area (Å²) in [6.45, 7) is 6.28. The van der Waals surface area contributed by atoms with E-state index in [-0.39, 0.29) is 5.88 Å². The number of piperidine rings is 2. The molecule has 0 bridgehead atoms. The number of nitrogens with zero attached hydrogens (tertiary/aromatic N) is 3. The molecule has 2 N–H and O–H groups in total. The number of rotatable bonds is 9. The van der Waals surface area contributed by atoms with Crippen molar-refractivity contribution in [3.05, 3.63) is 70.9 Å². The third-order valence-corrected chi connectivity index (χ3v) is 9.33. The Bertz CT molecular complexity index is 1350. The molecule has 2 aromatic carbocycles. The van der Waals surface area contributed by atoms with Crippen LogP contribution in [0.3, 0.4) is 0 Å². The van der Waals surface area contributed by atoms with Crippen LogP contribution < -0.4 is 5.48 Å². The number of amides is 1. The number of likely N-dealkylation sites (tertiary alicyclic amines) is 2. The van der Waals surface area contributed by atoms with Crippen LogP contribution in [0.15, 0.2) is 48.5 Å². The number of aromatic nitrogens is 1. The van der Waals surface area contributed by atoms with Crippen LogP contribution in [0.2, 0.25) is 0 Å². The molecule has 0 saturated carbocycles. The molecule has 1 aromatic heterocycles. The first-order valence-corrected chi connectivity index (χ1v) is 15.3. The number of carbonyl (C=O) groups excluding carboxylic acids is 1. The van der Waals surface area contributed by atoms with E-state index < -0.39 is 22.7 Å². The molecule has 10 heteroatoms. The number of fused-ring (bicyclic) bond motifs is 1. The van der Waals surface area contributed by atoms with Crippen LogP contribution in [0.25, 0.3) is 10.9 Å². The van der Waals surface area contributed by atoms with Gasteiger partial charge in [-0.15, -0.1) is 0 Å². The summed E-state index contributed by atoms with van der Waals surface area (Å²) in [4.78, 5) is 15.7. The summed E-state index contributed by atoms with van der Waals surface area (Å²) < 4.78 is 39.9. The molecule has 0 aliphatic carbocycles. The summed E-state index contributed by atoms with van der Waals surface area (Å²) >= 11 is -2.12. The minimum absolute atomic E-state index is 0.00763. The monoisotopic (exact) mass is 569 g/mol. The lowest BCUT2D eigenvalue weighted by atomic mass is 9.90. The van der Waals surface area contributed by atoms with Crippen molar-refractivity contribution < 1.29 is 23.2 Å². The van der Waals surface area contributed by atoms with E-state index >= 15 is 4.39 Å². The van der Waals surface area contributed by atoms with Gasteiger partial charge in [0.15, 0.2) is 0 Å². The van der Waals surface area contributed by atoms with Crippen molar-refractivity contribution in [3.63, 3.8) is 0 Å². The fourth-order valence-corrected chi connectivity index (χ4v) is 6.94. The summed E-state index contributed by atoms with van der Waals surface area (Å²) in [6.07, 6.45) is 3.57. The zero-order chi connectivity index (χ0) is 28.3. The Morgan fingerprint density at radius 2 is 1.75 bits per heavy atom. The lowest BCUT2D eigenvalue weighted by Gasteiger charge is -2.41. The highest BCUT2D eigenvalue weighted by molar-refractivity contribution is 7.79. The van der Waals surface area contributed by atoms with Crippen LogP contribution in [0, 0.1) is 12.8 Å². The quantitative estimate of drug-likeness (QED) is 0.230. The van der Waals surface area contributed by atoms with Gasteiger partial charge in [-0.25, -0.2) is 9.87 Å². The normalized spacial score (nSPS) is 19.6. The van der Waals surface area contributed by atoms with Crippen LogP contribution in [0.5, 0.6) is 0 Å². The van der Waals surface area contributed by atoms with Gasteiger partial charge < -0.3 is 14.0 Å². The molecule has 2 aliphatic rings.